The lowest BCUT2D eigenvalue weighted by Crippen LogP contribution is -2.25. The summed E-state index contributed by atoms with van der Waals surface area (Å²) in [6, 6.07) is 10.5. The summed E-state index contributed by atoms with van der Waals surface area (Å²) in [5, 5.41) is 12.7. The molecule has 0 unspecified atom stereocenters. The van der Waals surface area contributed by atoms with E-state index in [0.29, 0.717) is 5.69 Å². The smallest absolute Gasteiger partial charge is 0.325 e. The van der Waals surface area contributed by atoms with Gasteiger partial charge in [0.2, 0.25) is 0 Å². The van der Waals surface area contributed by atoms with E-state index in [4.69, 9.17) is 5.11 Å². The number of aliphatic carboxylic acids is 1. The Morgan fingerprint density at radius 2 is 1.89 bits per heavy atom. The largest absolute Gasteiger partial charge is 0.480 e. The lowest BCUT2D eigenvalue weighted by molar-refractivity contribution is -0.138. The Balaban J connectivity index is 2.43. The Kier molecular flexibility index (Phi) is 3.23. The third kappa shape index (κ3) is 2.63. The van der Waals surface area contributed by atoms with Crippen LogP contribution in [-0.4, -0.2) is 20.9 Å². The van der Waals surface area contributed by atoms with E-state index in [0.717, 1.165) is 15.8 Å². The molecule has 0 aliphatic rings. The van der Waals surface area contributed by atoms with Crippen LogP contribution in [0.15, 0.2) is 41.2 Å². The Hall–Kier alpha value is -2.43. The molecule has 0 atom stereocenters. The number of aryl methyl sites for hydroxylation is 1. The first-order chi connectivity index (χ1) is 8.56. The van der Waals surface area contributed by atoms with E-state index in [-0.39, 0.29) is 0 Å². The molecule has 2 aromatic rings. The van der Waals surface area contributed by atoms with Gasteiger partial charge in [-0.2, -0.15) is 5.10 Å². The highest BCUT2D eigenvalue weighted by atomic mass is 16.4. The maximum Gasteiger partial charge on any atom is 0.325 e. The van der Waals surface area contributed by atoms with E-state index in [1.165, 1.54) is 6.07 Å². The summed E-state index contributed by atoms with van der Waals surface area (Å²) >= 11 is 0. The van der Waals surface area contributed by atoms with Gasteiger partial charge < -0.3 is 5.11 Å². The second-order valence-corrected chi connectivity index (χ2v) is 3.97. The van der Waals surface area contributed by atoms with Crippen LogP contribution in [0.2, 0.25) is 0 Å². The summed E-state index contributed by atoms with van der Waals surface area (Å²) in [6.45, 7) is 1.54. The molecule has 0 saturated heterocycles. The molecule has 2 rings (SSSR count). The van der Waals surface area contributed by atoms with E-state index in [2.05, 4.69) is 5.10 Å². The van der Waals surface area contributed by atoms with Crippen LogP contribution in [0.1, 0.15) is 5.56 Å². The molecule has 0 aliphatic carbocycles. The van der Waals surface area contributed by atoms with Crippen LogP contribution in [0.25, 0.3) is 11.3 Å². The van der Waals surface area contributed by atoms with Crippen molar-refractivity contribution < 1.29 is 9.90 Å². The summed E-state index contributed by atoms with van der Waals surface area (Å²) in [4.78, 5) is 22.0. The topological polar surface area (TPSA) is 72.2 Å². The fourth-order valence-electron chi connectivity index (χ4n) is 1.57. The van der Waals surface area contributed by atoms with Gasteiger partial charge in [-0.25, -0.2) is 4.68 Å². The number of aromatic nitrogens is 2. The van der Waals surface area contributed by atoms with E-state index in [1.807, 2.05) is 31.2 Å². The number of carboxylic acids is 1. The van der Waals surface area contributed by atoms with Crippen molar-refractivity contribution in [2.45, 2.75) is 13.5 Å². The molecule has 0 fully saturated rings. The number of benzene rings is 1. The number of nitrogens with zero attached hydrogens (tertiary/aromatic N) is 2. The average Bonchev–Trinajstić information content (AvgIpc) is 2.32. The number of rotatable bonds is 3. The monoisotopic (exact) mass is 244 g/mol. The maximum absolute atomic E-state index is 11.4. The highest BCUT2D eigenvalue weighted by Gasteiger charge is 2.06. The van der Waals surface area contributed by atoms with Gasteiger partial charge in [-0.3, -0.25) is 9.59 Å². The predicted molar refractivity (Wildman–Crippen MR) is 66.3 cm³/mol. The molecule has 0 bridgehead atoms. The van der Waals surface area contributed by atoms with Crippen LogP contribution >= 0.6 is 0 Å². The van der Waals surface area contributed by atoms with E-state index in [1.54, 1.807) is 6.07 Å². The van der Waals surface area contributed by atoms with Crippen LogP contribution in [0, 0.1) is 6.92 Å². The molecule has 1 aromatic heterocycles. The van der Waals surface area contributed by atoms with Crippen molar-refractivity contribution in [2.24, 2.45) is 0 Å². The van der Waals surface area contributed by atoms with Gasteiger partial charge in [0, 0.05) is 11.6 Å². The molecule has 5 heteroatoms. The Morgan fingerprint density at radius 1 is 1.22 bits per heavy atom. The number of carboxylic acid groups (broad SMARTS) is 1. The van der Waals surface area contributed by atoms with Gasteiger partial charge in [0.15, 0.2) is 0 Å². The SMILES string of the molecule is Cc1ccc(-c2ccc(=O)n(CC(=O)O)n2)cc1. The van der Waals surface area contributed by atoms with Gasteiger partial charge in [-0.05, 0) is 13.0 Å². The van der Waals surface area contributed by atoms with Crippen LogP contribution in [0.5, 0.6) is 0 Å². The molecule has 92 valence electrons. The first-order valence-electron chi connectivity index (χ1n) is 5.43. The van der Waals surface area contributed by atoms with Crippen molar-refractivity contribution in [1.82, 2.24) is 9.78 Å². The highest BCUT2D eigenvalue weighted by molar-refractivity contribution is 5.66. The van der Waals surface area contributed by atoms with E-state index < -0.39 is 18.1 Å². The fraction of sp³-hybridized carbons (Fsp3) is 0.154. The highest BCUT2D eigenvalue weighted by Crippen LogP contribution is 2.15. The van der Waals surface area contributed by atoms with Gasteiger partial charge in [0.05, 0.1) is 5.69 Å². The van der Waals surface area contributed by atoms with Gasteiger partial charge in [-0.15, -0.1) is 0 Å². The van der Waals surface area contributed by atoms with E-state index >= 15 is 0 Å². The third-order valence-electron chi connectivity index (χ3n) is 2.50. The Morgan fingerprint density at radius 3 is 2.50 bits per heavy atom. The molecule has 0 radical (unpaired) electrons. The number of carbonyl (C=O) groups is 1. The standard InChI is InChI=1S/C13H12N2O3/c1-9-2-4-10(5-3-9)11-6-7-12(16)15(14-11)8-13(17)18/h2-7H,8H2,1H3,(H,17,18). The Labute approximate surface area is 103 Å². The summed E-state index contributed by atoms with van der Waals surface area (Å²) in [7, 11) is 0. The maximum atomic E-state index is 11.4. The second kappa shape index (κ2) is 4.83. The first-order valence-corrected chi connectivity index (χ1v) is 5.43. The summed E-state index contributed by atoms with van der Waals surface area (Å²) in [6.07, 6.45) is 0. The van der Waals surface area contributed by atoms with Crippen molar-refractivity contribution in [1.29, 1.82) is 0 Å². The normalized spacial score (nSPS) is 10.3. The Bertz CT molecular complexity index is 629. The molecule has 0 amide bonds. The van der Waals surface area contributed by atoms with Crippen LogP contribution in [-0.2, 0) is 11.3 Å². The van der Waals surface area contributed by atoms with Gasteiger partial charge in [-0.1, -0.05) is 29.8 Å². The average molecular weight is 244 g/mol. The predicted octanol–water partition coefficient (Wildman–Crippen LogP) is 1.30. The number of hydrogen-bond acceptors (Lipinski definition) is 3. The minimum Gasteiger partial charge on any atom is -0.480 e. The summed E-state index contributed by atoms with van der Waals surface area (Å²) in [5.41, 5.74) is 2.13. The molecule has 18 heavy (non-hydrogen) atoms. The summed E-state index contributed by atoms with van der Waals surface area (Å²) < 4.78 is 0.942. The molecular formula is C13H12N2O3. The molecule has 0 spiro atoms. The second-order valence-electron chi connectivity index (χ2n) is 3.97. The molecule has 1 aromatic carbocycles. The zero-order chi connectivity index (χ0) is 13.1. The van der Waals surface area contributed by atoms with Crippen LogP contribution < -0.4 is 5.56 Å². The number of hydrogen-bond donors (Lipinski definition) is 1. The molecule has 1 heterocycles. The zero-order valence-electron chi connectivity index (χ0n) is 9.83. The molecular weight excluding hydrogens is 232 g/mol. The van der Waals surface area contributed by atoms with Gasteiger partial charge >= 0.3 is 5.97 Å². The van der Waals surface area contributed by atoms with E-state index in [9.17, 15) is 9.59 Å². The summed E-state index contributed by atoms with van der Waals surface area (Å²) in [5.74, 6) is -1.09. The van der Waals surface area contributed by atoms with Crippen molar-refractivity contribution in [3.8, 4) is 11.3 Å². The van der Waals surface area contributed by atoms with Gasteiger partial charge in [0.1, 0.15) is 6.54 Å². The van der Waals surface area contributed by atoms with Crippen molar-refractivity contribution in [3.63, 3.8) is 0 Å². The third-order valence-corrected chi connectivity index (χ3v) is 2.50. The molecule has 5 nitrogen and oxygen atoms in total. The lowest BCUT2D eigenvalue weighted by Gasteiger charge is -2.05. The molecule has 0 aliphatic heterocycles. The van der Waals surface area contributed by atoms with Crippen molar-refractivity contribution in [2.75, 3.05) is 0 Å². The minimum absolute atomic E-state index is 0.423. The molecule has 1 N–H and O–H groups in total. The zero-order valence-corrected chi connectivity index (χ0v) is 9.83. The lowest BCUT2D eigenvalue weighted by atomic mass is 10.1. The first kappa shape index (κ1) is 12.0. The van der Waals surface area contributed by atoms with Crippen molar-refractivity contribution >= 4 is 5.97 Å². The molecule has 0 saturated carbocycles. The van der Waals surface area contributed by atoms with Crippen LogP contribution in [0.3, 0.4) is 0 Å². The van der Waals surface area contributed by atoms with Gasteiger partial charge in [0.25, 0.3) is 5.56 Å². The fourth-order valence-corrected chi connectivity index (χ4v) is 1.57. The van der Waals surface area contributed by atoms with Crippen molar-refractivity contribution in [3.05, 3.63) is 52.3 Å². The quantitative estimate of drug-likeness (QED) is 0.883. The van der Waals surface area contributed by atoms with Crippen LogP contribution in [0.4, 0.5) is 0 Å². The minimum atomic E-state index is -1.09.